The monoisotopic (exact) mass is 393 g/mol. The van der Waals surface area contributed by atoms with Crippen LogP contribution in [0.2, 0.25) is 0 Å². The first-order valence-electron chi connectivity index (χ1n) is 10.2. The number of benzene rings is 1. The Morgan fingerprint density at radius 1 is 1.25 bits per heavy atom. The van der Waals surface area contributed by atoms with Crippen LogP contribution in [0.15, 0.2) is 24.3 Å². The van der Waals surface area contributed by atoms with Crippen molar-refractivity contribution in [3.63, 3.8) is 0 Å². The molecule has 0 unspecified atom stereocenters. The van der Waals surface area contributed by atoms with Crippen molar-refractivity contribution in [1.82, 2.24) is 15.1 Å². The summed E-state index contributed by atoms with van der Waals surface area (Å²) in [6.45, 7) is 5.99. The van der Waals surface area contributed by atoms with E-state index in [0.717, 1.165) is 51.0 Å². The second kappa shape index (κ2) is 9.67. The highest BCUT2D eigenvalue weighted by Crippen LogP contribution is 2.26. The number of hydrogen-bond donors (Lipinski definition) is 2. The van der Waals surface area contributed by atoms with Crippen molar-refractivity contribution in [2.45, 2.75) is 44.4 Å². The van der Waals surface area contributed by atoms with Crippen molar-refractivity contribution in [2.24, 2.45) is 0 Å². The molecule has 2 N–H and O–H groups in total. The number of likely N-dealkylation sites (tertiary alicyclic amines) is 2. The van der Waals surface area contributed by atoms with E-state index in [9.17, 15) is 14.3 Å². The normalized spacial score (nSPS) is 24.4. The molecule has 156 valence electrons. The summed E-state index contributed by atoms with van der Waals surface area (Å²) in [5, 5.41) is 14.0. The minimum atomic E-state index is -0.676. The number of nitrogens with one attached hydrogen (secondary N) is 1. The van der Waals surface area contributed by atoms with Gasteiger partial charge in [-0.3, -0.25) is 9.69 Å². The fourth-order valence-corrected chi connectivity index (χ4v) is 4.25. The lowest BCUT2D eigenvalue weighted by molar-refractivity contribution is -0.120. The van der Waals surface area contributed by atoms with Gasteiger partial charge in [-0.2, -0.15) is 0 Å². The summed E-state index contributed by atoms with van der Waals surface area (Å²) in [7, 11) is 0. The molecule has 1 atom stereocenters. The lowest BCUT2D eigenvalue weighted by Crippen LogP contribution is -2.50. The van der Waals surface area contributed by atoms with Crippen LogP contribution in [-0.2, 0) is 11.3 Å². The second-order valence-corrected chi connectivity index (χ2v) is 8.12. The molecule has 2 saturated heterocycles. The molecule has 0 bridgehead atoms. The standard InChI is InChI=1S/C21H32FN3O3/c1-17(26)23-19-6-10-24(11-7-19)15-21(27)8-12-25(16-21)14-18-2-4-20(5-3-18)28-13-9-22/h2-5,19,27H,6-16H2,1H3,(H,23,26)/t21-/m1/s1. The van der Waals surface area contributed by atoms with Gasteiger partial charge in [0, 0.05) is 52.2 Å². The molecule has 0 spiro atoms. The Kier molecular flexibility index (Phi) is 7.26. The maximum absolute atomic E-state index is 12.2. The third kappa shape index (κ3) is 6.15. The van der Waals surface area contributed by atoms with Gasteiger partial charge in [-0.25, -0.2) is 4.39 Å². The number of piperidine rings is 1. The average Bonchev–Trinajstić information content (AvgIpc) is 3.03. The van der Waals surface area contributed by atoms with Crippen LogP contribution in [0.3, 0.4) is 0 Å². The quantitative estimate of drug-likeness (QED) is 0.702. The number of halogens is 1. The van der Waals surface area contributed by atoms with Gasteiger partial charge in [0.2, 0.25) is 5.91 Å². The van der Waals surface area contributed by atoms with Crippen molar-refractivity contribution in [1.29, 1.82) is 0 Å². The molecule has 0 aliphatic carbocycles. The zero-order chi connectivity index (χ0) is 20.0. The predicted molar refractivity (Wildman–Crippen MR) is 106 cm³/mol. The molecule has 0 saturated carbocycles. The maximum Gasteiger partial charge on any atom is 0.217 e. The van der Waals surface area contributed by atoms with Gasteiger partial charge in [-0.15, -0.1) is 0 Å². The molecule has 7 heteroatoms. The largest absolute Gasteiger partial charge is 0.491 e. The van der Waals surface area contributed by atoms with Crippen LogP contribution < -0.4 is 10.1 Å². The van der Waals surface area contributed by atoms with Crippen molar-refractivity contribution < 1.29 is 19.0 Å². The van der Waals surface area contributed by atoms with E-state index in [4.69, 9.17) is 4.74 Å². The van der Waals surface area contributed by atoms with Crippen LogP contribution >= 0.6 is 0 Å². The van der Waals surface area contributed by atoms with Gasteiger partial charge in [0.25, 0.3) is 0 Å². The Labute approximate surface area is 166 Å². The summed E-state index contributed by atoms with van der Waals surface area (Å²) in [5.41, 5.74) is 0.485. The Morgan fingerprint density at radius 3 is 2.61 bits per heavy atom. The van der Waals surface area contributed by atoms with E-state index in [1.54, 1.807) is 6.92 Å². The van der Waals surface area contributed by atoms with E-state index >= 15 is 0 Å². The molecular formula is C21H32FN3O3. The summed E-state index contributed by atoms with van der Waals surface area (Å²) >= 11 is 0. The van der Waals surface area contributed by atoms with Gasteiger partial charge in [-0.05, 0) is 37.0 Å². The Bertz CT molecular complexity index is 634. The molecule has 28 heavy (non-hydrogen) atoms. The molecule has 0 aromatic heterocycles. The minimum absolute atomic E-state index is 0.0329. The molecule has 3 rings (SSSR count). The van der Waals surface area contributed by atoms with E-state index in [-0.39, 0.29) is 18.6 Å². The molecule has 1 aromatic carbocycles. The minimum Gasteiger partial charge on any atom is -0.491 e. The van der Waals surface area contributed by atoms with Gasteiger partial charge < -0.3 is 20.1 Å². The topological polar surface area (TPSA) is 65.0 Å². The number of rotatable bonds is 8. The molecule has 1 amide bonds. The number of aliphatic hydroxyl groups is 1. The van der Waals surface area contributed by atoms with E-state index in [2.05, 4.69) is 15.1 Å². The average molecular weight is 394 g/mol. The van der Waals surface area contributed by atoms with Crippen LogP contribution in [0.5, 0.6) is 5.75 Å². The molecule has 2 aliphatic heterocycles. The first kappa shape index (κ1) is 21.0. The van der Waals surface area contributed by atoms with Crippen LogP contribution in [0.25, 0.3) is 0 Å². The van der Waals surface area contributed by atoms with Crippen LogP contribution in [0, 0.1) is 0 Å². The smallest absolute Gasteiger partial charge is 0.217 e. The molecule has 1 aromatic rings. The highest BCUT2D eigenvalue weighted by Gasteiger charge is 2.38. The number of ether oxygens (including phenoxy) is 1. The van der Waals surface area contributed by atoms with Gasteiger partial charge in [0.05, 0.1) is 5.60 Å². The molecule has 0 radical (unpaired) electrons. The van der Waals surface area contributed by atoms with E-state index in [1.807, 2.05) is 24.3 Å². The number of alkyl halides is 1. The van der Waals surface area contributed by atoms with Gasteiger partial charge in [0.15, 0.2) is 0 Å². The summed E-state index contributed by atoms with van der Waals surface area (Å²) in [6, 6.07) is 7.99. The van der Waals surface area contributed by atoms with Crippen molar-refractivity contribution >= 4 is 5.91 Å². The SMILES string of the molecule is CC(=O)NC1CCN(C[C@]2(O)CCN(Cc3ccc(OCCF)cc3)C2)CC1. The molecular weight excluding hydrogens is 361 g/mol. The number of carbonyl (C=O) groups excluding carboxylic acids is 1. The third-order valence-electron chi connectivity index (χ3n) is 5.60. The zero-order valence-corrected chi connectivity index (χ0v) is 16.7. The summed E-state index contributed by atoms with van der Waals surface area (Å²) < 4.78 is 17.4. The second-order valence-electron chi connectivity index (χ2n) is 8.12. The van der Waals surface area contributed by atoms with Crippen LogP contribution in [0.1, 0.15) is 31.7 Å². The summed E-state index contributed by atoms with van der Waals surface area (Å²) in [6.07, 6.45) is 2.66. The van der Waals surface area contributed by atoms with Crippen molar-refractivity contribution in [3.8, 4) is 5.75 Å². The Hall–Kier alpha value is -1.70. The number of nitrogens with zero attached hydrogens (tertiary/aromatic N) is 2. The van der Waals surface area contributed by atoms with Gasteiger partial charge in [0.1, 0.15) is 19.0 Å². The van der Waals surface area contributed by atoms with Gasteiger partial charge >= 0.3 is 0 Å². The van der Waals surface area contributed by atoms with Crippen LogP contribution in [-0.4, -0.2) is 78.5 Å². The molecule has 2 aliphatic rings. The number of amides is 1. The first-order chi connectivity index (χ1) is 13.5. The van der Waals surface area contributed by atoms with E-state index in [0.29, 0.717) is 18.8 Å². The fourth-order valence-electron chi connectivity index (χ4n) is 4.25. The predicted octanol–water partition coefficient (Wildman–Crippen LogP) is 1.57. The van der Waals surface area contributed by atoms with Crippen molar-refractivity contribution in [3.05, 3.63) is 29.8 Å². The summed E-state index contributed by atoms with van der Waals surface area (Å²) in [4.78, 5) is 15.8. The first-order valence-corrected chi connectivity index (χ1v) is 10.2. The lowest BCUT2D eigenvalue weighted by atomic mass is 9.99. The maximum atomic E-state index is 12.2. The highest BCUT2D eigenvalue weighted by atomic mass is 19.1. The molecule has 6 nitrogen and oxygen atoms in total. The lowest BCUT2D eigenvalue weighted by Gasteiger charge is -2.36. The highest BCUT2D eigenvalue weighted by molar-refractivity contribution is 5.73. The zero-order valence-electron chi connectivity index (χ0n) is 16.7. The number of β-amino-alcohol motifs (C(OH)–C–C–N with tert-alkyl or cyclic N) is 1. The Balaban J connectivity index is 1.43. The van der Waals surface area contributed by atoms with Crippen molar-refractivity contribution in [2.75, 3.05) is 46.0 Å². The van der Waals surface area contributed by atoms with Crippen LogP contribution in [0.4, 0.5) is 4.39 Å². The van der Waals surface area contributed by atoms with E-state index in [1.165, 1.54) is 0 Å². The fraction of sp³-hybridized carbons (Fsp3) is 0.667. The van der Waals surface area contributed by atoms with Gasteiger partial charge in [-0.1, -0.05) is 12.1 Å². The third-order valence-corrected chi connectivity index (χ3v) is 5.60. The molecule has 2 fully saturated rings. The number of hydrogen-bond acceptors (Lipinski definition) is 5. The van der Waals surface area contributed by atoms with E-state index < -0.39 is 12.3 Å². The Morgan fingerprint density at radius 2 is 1.96 bits per heavy atom. The molecule has 2 heterocycles. The number of carbonyl (C=O) groups is 1. The summed E-state index contributed by atoms with van der Waals surface area (Å²) in [5.74, 6) is 0.715.